The molecule has 1 saturated heterocycles. The van der Waals surface area contributed by atoms with E-state index in [9.17, 15) is 4.79 Å². The first-order chi connectivity index (χ1) is 13.2. The van der Waals surface area contributed by atoms with Crippen molar-refractivity contribution in [2.75, 3.05) is 13.1 Å². The fourth-order valence-electron chi connectivity index (χ4n) is 4.00. The van der Waals surface area contributed by atoms with Crippen LogP contribution in [-0.4, -0.2) is 34.0 Å². The second kappa shape index (κ2) is 8.07. The zero-order valence-electron chi connectivity index (χ0n) is 15.9. The molecule has 1 aliphatic carbocycles. The zero-order valence-corrected chi connectivity index (χ0v) is 15.9. The predicted molar refractivity (Wildman–Crippen MR) is 104 cm³/mol. The van der Waals surface area contributed by atoms with Gasteiger partial charge in [-0.2, -0.15) is 4.98 Å². The van der Waals surface area contributed by atoms with Crippen molar-refractivity contribution < 1.29 is 9.32 Å². The molecule has 5 heteroatoms. The van der Waals surface area contributed by atoms with E-state index in [0.29, 0.717) is 11.7 Å². The average Bonchev–Trinajstić information content (AvgIpc) is 3.21. The van der Waals surface area contributed by atoms with Gasteiger partial charge >= 0.3 is 0 Å². The predicted octanol–water partition coefficient (Wildman–Crippen LogP) is 4.58. The lowest BCUT2D eigenvalue weighted by molar-refractivity contribution is -0.127. The van der Waals surface area contributed by atoms with Crippen LogP contribution in [0.4, 0.5) is 0 Å². The van der Waals surface area contributed by atoms with Crippen LogP contribution >= 0.6 is 0 Å². The standard InChI is InChI=1S/C22H27N3O2/c1-16-7-9-17(10-8-16)15-20(26)25-13-11-19(12-14-25)22-23-21(24-27-22)18-5-3-2-4-6-18/h2-6,15-16,19H,7-14H2,1H3. The molecule has 0 bridgehead atoms. The molecule has 2 heterocycles. The Balaban J connectivity index is 1.33. The molecule has 0 N–H and O–H groups in total. The van der Waals surface area contributed by atoms with Crippen molar-refractivity contribution in [2.45, 2.75) is 51.4 Å². The third kappa shape index (κ3) is 4.29. The number of hydrogen-bond donors (Lipinski definition) is 0. The monoisotopic (exact) mass is 365 g/mol. The number of aromatic nitrogens is 2. The van der Waals surface area contributed by atoms with Crippen molar-refractivity contribution in [3.63, 3.8) is 0 Å². The van der Waals surface area contributed by atoms with Gasteiger partial charge in [0, 0.05) is 30.6 Å². The van der Waals surface area contributed by atoms with Gasteiger partial charge in [-0.05, 0) is 44.4 Å². The first-order valence-electron chi connectivity index (χ1n) is 10.1. The molecular formula is C22H27N3O2. The molecule has 2 aromatic rings. The highest BCUT2D eigenvalue weighted by Crippen LogP contribution is 2.30. The van der Waals surface area contributed by atoms with Crippen LogP contribution in [0.2, 0.25) is 0 Å². The Hall–Kier alpha value is -2.43. The number of amides is 1. The third-order valence-corrected chi connectivity index (χ3v) is 5.87. The fraction of sp³-hybridized carbons (Fsp3) is 0.500. The first kappa shape index (κ1) is 18.0. The van der Waals surface area contributed by atoms with E-state index >= 15 is 0 Å². The van der Waals surface area contributed by atoms with E-state index < -0.39 is 0 Å². The van der Waals surface area contributed by atoms with Gasteiger partial charge in [0.05, 0.1) is 0 Å². The molecule has 0 radical (unpaired) electrons. The number of nitrogens with zero attached hydrogens (tertiary/aromatic N) is 3. The molecule has 2 fully saturated rings. The molecular weight excluding hydrogens is 338 g/mol. The van der Waals surface area contributed by atoms with Gasteiger partial charge in [0.1, 0.15) is 0 Å². The molecule has 1 aromatic carbocycles. The Morgan fingerprint density at radius 3 is 2.52 bits per heavy atom. The van der Waals surface area contributed by atoms with Gasteiger partial charge in [-0.25, -0.2) is 0 Å². The highest BCUT2D eigenvalue weighted by molar-refractivity contribution is 5.88. The SMILES string of the molecule is CC1CCC(=CC(=O)N2CCC(c3nc(-c4ccccc4)no3)CC2)CC1. The Morgan fingerprint density at radius 2 is 1.81 bits per heavy atom. The first-order valence-corrected chi connectivity index (χ1v) is 10.1. The lowest BCUT2D eigenvalue weighted by Crippen LogP contribution is -2.37. The molecule has 0 unspecified atom stereocenters. The number of allylic oxidation sites excluding steroid dienone is 1. The second-order valence-electron chi connectivity index (χ2n) is 7.91. The Bertz CT molecular complexity index is 794. The summed E-state index contributed by atoms with van der Waals surface area (Å²) in [6.45, 7) is 3.81. The number of hydrogen-bond acceptors (Lipinski definition) is 4. The minimum absolute atomic E-state index is 0.175. The summed E-state index contributed by atoms with van der Waals surface area (Å²) in [5.41, 5.74) is 2.29. The highest BCUT2D eigenvalue weighted by atomic mass is 16.5. The maximum absolute atomic E-state index is 12.6. The van der Waals surface area contributed by atoms with Gasteiger partial charge in [-0.3, -0.25) is 4.79 Å². The summed E-state index contributed by atoms with van der Waals surface area (Å²) >= 11 is 0. The van der Waals surface area contributed by atoms with Crippen LogP contribution < -0.4 is 0 Å². The van der Waals surface area contributed by atoms with Crippen molar-refractivity contribution in [3.8, 4) is 11.4 Å². The van der Waals surface area contributed by atoms with Crippen LogP contribution in [0.15, 0.2) is 46.5 Å². The van der Waals surface area contributed by atoms with Gasteiger partial charge < -0.3 is 9.42 Å². The number of likely N-dealkylation sites (tertiary alicyclic amines) is 1. The number of benzene rings is 1. The van der Waals surface area contributed by atoms with Gasteiger partial charge in [-0.1, -0.05) is 48.0 Å². The Labute approximate surface area is 160 Å². The normalized spacial score (nSPS) is 21.3. The summed E-state index contributed by atoms with van der Waals surface area (Å²) in [6.07, 6.45) is 8.22. The van der Waals surface area contributed by atoms with Crippen molar-refractivity contribution in [1.82, 2.24) is 15.0 Å². The summed E-state index contributed by atoms with van der Waals surface area (Å²) in [7, 11) is 0. The molecule has 0 atom stereocenters. The molecule has 2 aliphatic rings. The maximum Gasteiger partial charge on any atom is 0.246 e. The topological polar surface area (TPSA) is 59.2 Å². The van der Waals surface area contributed by atoms with Crippen molar-refractivity contribution in [1.29, 1.82) is 0 Å². The summed E-state index contributed by atoms with van der Waals surface area (Å²) < 4.78 is 5.51. The van der Waals surface area contributed by atoms with Crippen molar-refractivity contribution in [3.05, 3.63) is 47.9 Å². The number of carbonyl (C=O) groups is 1. The fourth-order valence-corrected chi connectivity index (χ4v) is 4.00. The summed E-state index contributed by atoms with van der Waals surface area (Å²) in [4.78, 5) is 19.1. The maximum atomic E-state index is 12.6. The lowest BCUT2D eigenvalue weighted by Gasteiger charge is -2.30. The summed E-state index contributed by atoms with van der Waals surface area (Å²) in [5, 5.41) is 4.12. The van der Waals surface area contributed by atoms with E-state index in [4.69, 9.17) is 4.52 Å². The molecule has 5 nitrogen and oxygen atoms in total. The van der Waals surface area contributed by atoms with Crippen LogP contribution in [0.25, 0.3) is 11.4 Å². The van der Waals surface area contributed by atoms with Crippen LogP contribution in [0.3, 0.4) is 0 Å². The van der Waals surface area contributed by atoms with Gasteiger partial charge in [0.2, 0.25) is 17.6 Å². The quantitative estimate of drug-likeness (QED) is 0.747. The second-order valence-corrected chi connectivity index (χ2v) is 7.91. The van der Waals surface area contributed by atoms with Crippen LogP contribution in [0.1, 0.15) is 57.3 Å². The van der Waals surface area contributed by atoms with Crippen molar-refractivity contribution >= 4 is 5.91 Å². The minimum Gasteiger partial charge on any atom is -0.339 e. The average molecular weight is 365 g/mol. The summed E-state index contributed by atoms with van der Waals surface area (Å²) in [5.74, 6) is 2.54. The molecule has 27 heavy (non-hydrogen) atoms. The molecule has 142 valence electrons. The number of piperidine rings is 1. The number of carbonyl (C=O) groups excluding carboxylic acids is 1. The van der Waals surface area contributed by atoms with Gasteiger partial charge in [0.15, 0.2) is 0 Å². The summed E-state index contributed by atoms with van der Waals surface area (Å²) in [6, 6.07) is 9.87. The molecule has 4 rings (SSSR count). The highest BCUT2D eigenvalue weighted by Gasteiger charge is 2.27. The van der Waals surface area contributed by atoms with E-state index in [1.807, 2.05) is 41.3 Å². The van der Waals surface area contributed by atoms with Gasteiger partial charge in [0.25, 0.3) is 0 Å². The van der Waals surface area contributed by atoms with E-state index in [2.05, 4.69) is 17.1 Å². The third-order valence-electron chi connectivity index (χ3n) is 5.87. The Kier molecular flexibility index (Phi) is 5.37. The van der Waals surface area contributed by atoms with E-state index in [-0.39, 0.29) is 11.8 Å². The van der Waals surface area contributed by atoms with Crippen LogP contribution in [0.5, 0.6) is 0 Å². The molecule has 0 spiro atoms. The van der Waals surface area contributed by atoms with Crippen LogP contribution in [0, 0.1) is 5.92 Å². The minimum atomic E-state index is 0.175. The van der Waals surface area contributed by atoms with Crippen molar-refractivity contribution in [2.24, 2.45) is 5.92 Å². The molecule has 1 saturated carbocycles. The van der Waals surface area contributed by atoms with Crippen LogP contribution in [-0.2, 0) is 4.79 Å². The molecule has 1 amide bonds. The largest absolute Gasteiger partial charge is 0.339 e. The van der Waals surface area contributed by atoms with Gasteiger partial charge in [-0.15, -0.1) is 0 Å². The molecule has 1 aromatic heterocycles. The van der Waals surface area contributed by atoms with E-state index in [1.165, 1.54) is 18.4 Å². The zero-order chi connectivity index (χ0) is 18.6. The lowest BCUT2D eigenvalue weighted by atomic mass is 9.87. The van der Waals surface area contributed by atoms with E-state index in [1.54, 1.807) is 0 Å². The molecule has 1 aliphatic heterocycles. The van der Waals surface area contributed by atoms with E-state index in [0.717, 1.165) is 50.3 Å². The Morgan fingerprint density at radius 1 is 1.11 bits per heavy atom. The number of rotatable bonds is 3. The smallest absolute Gasteiger partial charge is 0.246 e.